The van der Waals surface area contributed by atoms with E-state index in [9.17, 15) is 39.6 Å². The molecule has 15 heteroatoms. The van der Waals surface area contributed by atoms with Crippen LogP contribution in [0.25, 0.3) is 0 Å². The number of carboxylic acid groups (broad SMARTS) is 1. The van der Waals surface area contributed by atoms with Gasteiger partial charge in [0.05, 0.1) is 12.6 Å². The van der Waals surface area contributed by atoms with Crippen molar-refractivity contribution in [3.8, 4) is 11.5 Å². The van der Waals surface area contributed by atoms with E-state index in [1.807, 2.05) is 0 Å². The van der Waals surface area contributed by atoms with Crippen molar-refractivity contribution in [3.63, 3.8) is 0 Å². The maximum atomic E-state index is 13.2. The number of hydrogen-bond acceptors (Lipinski definition) is 9. The van der Waals surface area contributed by atoms with E-state index in [1.165, 1.54) is 36.4 Å². The van der Waals surface area contributed by atoms with Crippen molar-refractivity contribution in [2.45, 2.75) is 49.9 Å². The fraction of sp³-hybridized carbons (Fsp3) is 0.370. The Hall–Kier alpha value is -4.89. The van der Waals surface area contributed by atoms with Crippen LogP contribution in [0.5, 0.6) is 11.5 Å². The molecular weight excluding hydrogens is 550 g/mol. The topological polar surface area (TPSA) is 276 Å². The van der Waals surface area contributed by atoms with E-state index >= 15 is 0 Å². The number of nitrogens with zero attached hydrogens (tertiary/aromatic N) is 1. The molecule has 0 aromatic heterocycles. The van der Waals surface area contributed by atoms with Crippen molar-refractivity contribution in [1.82, 2.24) is 16.0 Å². The molecule has 2 aromatic rings. The van der Waals surface area contributed by atoms with Gasteiger partial charge in [-0.25, -0.2) is 4.79 Å². The van der Waals surface area contributed by atoms with E-state index in [0.29, 0.717) is 11.1 Å². The molecule has 228 valence electrons. The molecule has 4 atom stereocenters. The van der Waals surface area contributed by atoms with Gasteiger partial charge in [-0.05, 0) is 54.7 Å². The van der Waals surface area contributed by atoms with Crippen LogP contribution in [0.4, 0.5) is 0 Å². The molecule has 2 rings (SSSR count). The minimum absolute atomic E-state index is 0.00797. The zero-order valence-corrected chi connectivity index (χ0v) is 22.8. The van der Waals surface area contributed by atoms with Crippen molar-refractivity contribution in [3.05, 3.63) is 59.7 Å². The second kappa shape index (κ2) is 16.4. The van der Waals surface area contributed by atoms with Gasteiger partial charge in [0.15, 0.2) is 5.96 Å². The number of carbonyl (C=O) groups is 4. The van der Waals surface area contributed by atoms with Crippen LogP contribution in [0.3, 0.4) is 0 Å². The Balaban J connectivity index is 2.13. The largest absolute Gasteiger partial charge is 0.508 e. The molecule has 0 bridgehead atoms. The summed E-state index contributed by atoms with van der Waals surface area (Å²) in [7, 11) is 0. The third kappa shape index (κ3) is 11.3. The smallest absolute Gasteiger partial charge is 0.326 e. The fourth-order valence-electron chi connectivity index (χ4n) is 3.83. The first-order valence-electron chi connectivity index (χ1n) is 13.0. The van der Waals surface area contributed by atoms with E-state index in [1.54, 1.807) is 12.1 Å². The van der Waals surface area contributed by atoms with Gasteiger partial charge in [-0.15, -0.1) is 0 Å². The monoisotopic (exact) mass is 587 g/mol. The van der Waals surface area contributed by atoms with Gasteiger partial charge in [0.25, 0.3) is 0 Å². The molecule has 15 nitrogen and oxygen atoms in total. The highest BCUT2D eigenvalue weighted by atomic mass is 16.4. The molecule has 4 unspecified atom stereocenters. The van der Waals surface area contributed by atoms with Gasteiger partial charge in [-0.3, -0.25) is 19.4 Å². The lowest BCUT2D eigenvalue weighted by Gasteiger charge is -2.24. The average molecular weight is 588 g/mol. The molecule has 2 aromatic carbocycles. The van der Waals surface area contributed by atoms with E-state index < -0.39 is 54.5 Å². The summed E-state index contributed by atoms with van der Waals surface area (Å²) in [5.74, 6) is -3.95. The molecule has 13 N–H and O–H groups in total. The van der Waals surface area contributed by atoms with Crippen LogP contribution in [0.1, 0.15) is 24.0 Å². The molecule has 0 radical (unpaired) electrons. The number of aliphatic hydroxyl groups is 1. The number of guanidine groups is 1. The standard InChI is InChI=1S/C27H37N7O8/c28-19(12-15-3-7-17(36)8-4-15)23(38)34-22(14-35)25(40)33-21(13-16-5-9-18(37)10-6-16)24(39)32-20(26(41)42)2-1-11-31-27(29)30/h3-10,19-22,35-37H,1-2,11-14,28H2,(H,32,39)(H,33,40)(H,34,38)(H,41,42)(H4,29,30,31). The molecule has 0 aliphatic heterocycles. The van der Waals surface area contributed by atoms with Crippen LogP contribution in [0.2, 0.25) is 0 Å². The summed E-state index contributed by atoms with van der Waals surface area (Å²) in [6.07, 6.45) is 0.210. The molecule has 0 saturated heterocycles. The number of aliphatic carboxylic acids is 1. The van der Waals surface area contributed by atoms with Gasteiger partial charge < -0.3 is 53.6 Å². The number of hydrogen-bond donors (Lipinski definition) is 10. The van der Waals surface area contributed by atoms with Gasteiger partial charge >= 0.3 is 5.97 Å². The summed E-state index contributed by atoms with van der Waals surface area (Å²) >= 11 is 0. The molecular formula is C27H37N7O8. The Bertz CT molecular complexity index is 1230. The zero-order chi connectivity index (χ0) is 31.2. The lowest BCUT2D eigenvalue weighted by molar-refractivity contribution is -0.142. The molecule has 0 aliphatic rings. The molecule has 0 spiro atoms. The van der Waals surface area contributed by atoms with Crippen LogP contribution in [-0.2, 0) is 32.0 Å². The SMILES string of the molecule is NC(N)=NCCCC(NC(=O)C(Cc1ccc(O)cc1)NC(=O)C(CO)NC(=O)C(N)Cc1ccc(O)cc1)C(=O)O. The highest BCUT2D eigenvalue weighted by molar-refractivity contribution is 5.94. The maximum Gasteiger partial charge on any atom is 0.326 e. The summed E-state index contributed by atoms with van der Waals surface area (Å²) < 4.78 is 0. The Morgan fingerprint density at radius 1 is 0.738 bits per heavy atom. The minimum Gasteiger partial charge on any atom is -0.508 e. The fourth-order valence-corrected chi connectivity index (χ4v) is 3.83. The van der Waals surface area contributed by atoms with E-state index in [0.717, 1.165) is 0 Å². The average Bonchev–Trinajstić information content (AvgIpc) is 2.94. The number of amides is 3. The lowest BCUT2D eigenvalue weighted by Crippen LogP contribution is -2.58. The Kier molecular flexibility index (Phi) is 13.0. The summed E-state index contributed by atoms with van der Waals surface area (Å²) in [5, 5.41) is 45.6. The highest BCUT2D eigenvalue weighted by Gasteiger charge is 2.30. The number of aliphatic imine (C=N–C) groups is 1. The van der Waals surface area contributed by atoms with Gasteiger partial charge in [-0.1, -0.05) is 24.3 Å². The molecule has 0 saturated carbocycles. The van der Waals surface area contributed by atoms with Gasteiger partial charge in [0.2, 0.25) is 17.7 Å². The van der Waals surface area contributed by atoms with Gasteiger partial charge in [-0.2, -0.15) is 0 Å². The number of rotatable bonds is 16. The molecule has 0 fully saturated rings. The van der Waals surface area contributed by atoms with Crippen LogP contribution in [0.15, 0.2) is 53.5 Å². The summed E-state index contributed by atoms with van der Waals surface area (Å²) in [4.78, 5) is 54.4. The summed E-state index contributed by atoms with van der Waals surface area (Å²) in [6, 6.07) is 6.59. The number of carboxylic acids is 1. The van der Waals surface area contributed by atoms with E-state index in [2.05, 4.69) is 20.9 Å². The van der Waals surface area contributed by atoms with Gasteiger partial charge in [0.1, 0.15) is 29.6 Å². The number of carbonyl (C=O) groups excluding carboxylic acids is 3. The number of aliphatic hydroxyl groups excluding tert-OH is 1. The Labute approximate surface area is 241 Å². The van der Waals surface area contributed by atoms with Crippen LogP contribution in [-0.4, -0.2) is 87.4 Å². The van der Waals surface area contributed by atoms with Crippen molar-refractivity contribution in [2.24, 2.45) is 22.2 Å². The van der Waals surface area contributed by atoms with E-state index in [-0.39, 0.29) is 49.7 Å². The van der Waals surface area contributed by atoms with Crippen molar-refractivity contribution < 1.29 is 39.6 Å². The molecule has 0 aliphatic carbocycles. The zero-order valence-electron chi connectivity index (χ0n) is 22.8. The maximum absolute atomic E-state index is 13.2. The molecule has 42 heavy (non-hydrogen) atoms. The predicted octanol–water partition coefficient (Wildman–Crippen LogP) is -2.20. The number of aromatic hydroxyl groups is 2. The lowest BCUT2D eigenvalue weighted by atomic mass is 10.0. The number of benzene rings is 2. The van der Waals surface area contributed by atoms with Gasteiger partial charge in [0, 0.05) is 13.0 Å². The summed E-state index contributed by atoms with van der Waals surface area (Å²) in [6.45, 7) is -0.679. The third-order valence-corrected chi connectivity index (χ3v) is 6.11. The predicted molar refractivity (Wildman–Crippen MR) is 152 cm³/mol. The minimum atomic E-state index is -1.48. The quantitative estimate of drug-likeness (QED) is 0.0571. The Morgan fingerprint density at radius 3 is 1.71 bits per heavy atom. The third-order valence-electron chi connectivity index (χ3n) is 6.11. The number of phenols is 2. The number of nitrogens with two attached hydrogens (primary N) is 3. The summed E-state index contributed by atoms with van der Waals surface area (Å²) in [5.41, 5.74) is 17.7. The normalized spacial score (nSPS) is 13.6. The number of nitrogens with one attached hydrogen (secondary N) is 3. The second-order valence-electron chi connectivity index (χ2n) is 9.50. The second-order valence-corrected chi connectivity index (χ2v) is 9.50. The highest BCUT2D eigenvalue weighted by Crippen LogP contribution is 2.13. The molecule has 0 heterocycles. The Morgan fingerprint density at radius 2 is 1.21 bits per heavy atom. The van der Waals surface area contributed by atoms with Crippen molar-refractivity contribution in [1.29, 1.82) is 0 Å². The molecule has 3 amide bonds. The number of phenolic OH excluding ortho intramolecular Hbond substituents is 2. The van der Waals surface area contributed by atoms with Crippen molar-refractivity contribution in [2.75, 3.05) is 13.2 Å². The first-order chi connectivity index (χ1) is 19.9. The van der Waals surface area contributed by atoms with Crippen LogP contribution < -0.4 is 33.2 Å². The first kappa shape index (κ1) is 33.3. The van der Waals surface area contributed by atoms with Crippen LogP contribution in [0, 0.1) is 0 Å². The van der Waals surface area contributed by atoms with Crippen molar-refractivity contribution >= 4 is 29.7 Å². The van der Waals surface area contributed by atoms with Crippen LogP contribution >= 0.6 is 0 Å². The first-order valence-corrected chi connectivity index (χ1v) is 13.0. The van der Waals surface area contributed by atoms with E-state index in [4.69, 9.17) is 17.2 Å².